The minimum absolute atomic E-state index is 0.00234. The molecule has 0 aromatic rings. The zero-order chi connectivity index (χ0) is 28.1. The minimum atomic E-state index is -4.62. The molecule has 0 aliphatic heterocycles. The van der Waals surface area contributed by atoms with Gasteiger partial charge in [-0.1, -0.05) is 25.5 Å². The van der Waals surface area contributed by atoms with Crippen molar-refractivity contribution >= 4 is 20.8 Å². The van der Waals surface area contributed by atoms with Crippen molar-refractivity contribution < 1.29 is 39.4 Å². The topological polar surface area (TPSA) is 147 Å². The van der Waals surface area contributed by atoms with Gasteiger partial charge in [-0.3, -0.25) is 9.11 Å². The van der Waals surface area contributed by atoms with Crippen molar-refractivity contribution in [2.75, 3.05) is 6.61 Å². The summed E-state index contributed by atoms with van der Waals surface area (Å²) in [6.45, 7) is 8.71. The molecule has 0 saturated heterocycles. The smallest absolute Gasteiger partial charge is 0.390 e. The van der Waals surface area contributed by atoms with E-state index in [1.807, 2.05) is 13.8 Å². The van der Waals surface area contributed by atoms with E-state index < -0.39 is 33.0 Å². The van der Waals surface area contributed by atoms with Crippen LogP contribution in [0.2, 0.25) is 0 Å². The molecule has 10 atom stereocenters. The zero-order valence-corrected chi connectivity index (χ0v) is 24.7. The average molecular weight is 579 g/mol. The van der Waals surface area contributed by atoms with Crippen LogP contribution in [0.25, 0.3) is 0 Å². The third-order valence-electron chi connectivity index (χ3n) is 11.1. The summed E-state index contributed by atoms with van der Waals surface area (Å²) in [7, 11) is -9.13. The predicted molar refractivity (Wildman–Crippen MR) is 143 cm³/mol. The van der Waals surface area contributed by atoms with Crippen LogP contribution in [0.15, 0.2) is 11.6 Å². The van der Waals surface area contributed by atoms with Gasteiger partial charge in [0, 0.05) is 0 Å². The Morgan fingerprint density at radius 3 is 2.29 bits per heavy atom. The normalized spacial score (nSPS) is 42.0. The van der Waals surface area contributed by atoms with Gasteiger partial charge < -0.3 is 5.11 Å². The number of aliphatic hydroxyl groups excluding tert-OH is 1. The Labute approximate surface area is 228 Å². The monoisotopic (exact) mass is 578 g/mol. The second-order valence-corrected chi connectivity index (χ2v) is 15.4. The molecule has 6 unspecified atom stereocenters. The molecule has 0 radical (unpaired) electrons. The number of aliphatic hydroxyl groups is 1. The van der Waals surface area contributed by atoms with Gasteiger partial charge in [-0.15, -0.1) is 0 Å². The predicted octanol–water partition coefficient (Wildman–Crippen LogP) is 4.99. The van der Waals surface area contributed by atoms with Crippen molar-refractivity contribution in [2.45, 2.75) is 104 Å². The number of fused-ring (bicyclic) bond motifs is 5. The second-order valence-electron chi connectivity index (χ2n) is 13.3. The summed E-state index contributed by atoms with van der Waals surface area (Å²) in [6.07, 6.45) is 8.92. The van der Waals surface area contributed by atoms with E-state index in [1.165, 1.54) is 5.57 Å². The number of allylic oxidation sites excluding steroid dienone is 2. The van der Waals surface area contributed by atoms with Crippen LogP contribution in [-0.2, 0) is 29.2 Å². The number of hydrogen-bond donors (Lipinski definition) is 3. The van der Waals surface area contributed by atoms with Gasteiger partial charge in [0.2, 0.25) is 0 Å². The van der Waals surface area contributed by atoms with Gasteiger partial charge in [0.1, 0.15) is 6.10 Å². The van der Waals surface area contributed by atoms with E-state index in [0.717, 1.165) is 51.4 Å². The molecule has 220 valence electrons. The number of hydrogen-bond acceptors (Lipinski definition) is 7. The molecular weight excluding hydrogens is 532 g/mol. The molecule has 3 N–H and O–H groups in total. The molecule has 0 amide bonds. The molecule has 9 nitrogen and oxygen atoms in total. The van der Waals surface area contributed by atoms with Crippen molar-refractivity contribution in [1.82, 2.24) is 0 Å². The fraction of sp³-hybridized carbons (Fsp3) is 0.926. The standard InChI is InChI=1S/C27H46O9S2/c1-17(2)6-5-7-18(16-35-37(29,30)31)21-10-11-22-20-9-8-19-14-25(36-38(32,33)34)24(28)15-27(19,4)23(20)12-13-26(21,22)3/h6,18-25,28H,5,7-16H2,1-4H3,(H,29,30,31)(H,32,33,34)/t18-,19-,20?,21?,22?,23?,24-,25-,26?,27?/m0/s1. The fourth-order valence-corrected chi connectivity index (χ4v) is 10.4. The third kappa shape index (κ3) is 6.34. The van der Waals surface area contributed by atoms with E-state index in [0.29, 0.717) is 36.5 Å². The summed E-state index contributed by atoms with van der Waals surface area (Å²) in [5.41, 5.74) is 1.14. The van der Waals surface area contributed by atoms with Crippen LogP contribution in [0.3, 0.4) is 0 Å². The Bertz CT molecular complexity index is 1100. The van der Waals surface area contributed by atoms with E-state index in [9.17, 15) is 31.0 Å². The summed E-state index contributed by atoms with van der Waals surface area (Å²) >= 11 is 0. The maximum atomic E-state index is 11.4. The number of rotatable bonds is 9. The first kappa shape index (κ1) is 30.4. The lowest BCUT2D eigenvalue weighted by molar-refractivity contribution is -0.157. The average Bonchev–Trinajstić information content (AvgIpc) is 3.12. The Hall–Kier alpha value is -0.560. The molecule has 4 aliphatic carbocycles. The molecular formula is C27H46O9S2. The molecule has 0 aromatic carbocycles. The van der Waals surface area contributed by atoms with E-state index in [1.54, 1.807) is 0 Å². The molecule has 0 heterocycles. The van der Waals surface area contributed by atoms with Crippen molar-refractivity contribution in [3.8, 4) is 0 Å². The Balaban J connectivity index is 1.52. The molecule has 4 aliphatic rings. The van der Waals surface area contributed by atoms with Gasteiger partial charge >= 0.3 is 20.8 Å². The first-order chi connectivity index (χ1) is 17.5. The Morgan fingerprint density at radius 1 is 0.974 bits per heavy atom. The zero-order valence-electron chi connectivity index (χ0n) is 23.1. The van der Waals surface area contributed by atoms with Gasteiger partial charge in [0.15, 0.2) is 0 Å². The van der Waals surface area contributed by atoms with Crippen molar-refractivity contribution in [2.24, 2.45) is 46.3 Å². The summed E-state index contributed by atoms with van der Waals surface area (Å²) in [5.74, 6) is 1.95. The maximum Gasteiger partial charge on any atom is 0.397 e. The Kier molecular flexibility index (Phi) is 8.82. The van der Waals surface area contributed by atoms with Crippen molar-refractivity contribution in [3.05, 3.63) is 11.6 Å². The molecule has 0 bridgehead atoms. The van der Waals surface area contributed by atoms with Gasteiger partial charge in [0.05, 0.1) is 12.7 Å². The Morgan fingerprint density at radius 2 is 1.66 bits per heavy atom. The van der Waals surface area contributed by atoms with Gasteiger partial charge in [-0.25, -0.2) is 8.37 Å². The van der Waals surface area contributed by atoms with Crippen LogP contribution in [0.5, 0.6) is 0 Å². The highest BCUT2D eigenvalue weighted by atomic mass is 32.3. The summed E-state index contributed by atoms with van der Waals surface area (Å²) in [5, 5.41) is 10.8. The van der Waals surface area contributed by atoms with Gasteiger partial charge in [0.25, 0.3) is 0 Å². The molecule has 4 fully saturated rings. The van der Waals surface area contributed by atoms with E-state index >= 15 is 0 Å². The van der Waals surface area contributed by atoms with Crippen LogP contribution in [0.4, 0.5) is 0 Å². The van der Waals surface area contributed by atoms with Crippen molar-refractivity contribution in [3.63, 3.8) is 0 Å². The lowest BCUT2D eigenvalue weighted by atomic mass is 9.44. The highest BCUT2D eigenvalue weighted by Gasteiger charge is 2.62. The molecule has 38 heavy (non-hydrogen) atoms. The lowest BCUT2D eigenvalue weighted by Crippen LogP contribution is -2.57. The third-order valence-corrected chi connectivity index (χ3v) is 12.0. The summed E-state index contributed by atoms with van der Waals surface area (Å²) in [4.78, 5) is 0. The molecule has 0 spiro atoms. The van der Waals surface area contributed by atoms with Crippen LogP contribution in [0.1, 0.15) is 91.9 Å². The van der Waals surface area contributed by atoms with E-state index in [-0.39, 0.29) is 29.3 Å². The van der Waals surface area contributed by atoms with E-state index in [4.69, 9.17) is 8.37 Å². The molecule has 11 heteroatoms. The van der Waals surface area contributed by atoms with Crippen LogP contribution in [0, 0.1) is 46.3 Å². The first-order valence-corrected chi connectivity index (χ1v) is 16.9. The largest absolute Gasteiger partial charge is 0.397 e. The highest BCUT2D eigenvalue weighted by Crippen LogP contribution is 2.68. The van der Waals surface area contributed by atoms with Crippen molar-refractivity contribution in [1.29, 1.82) is 0 Å². The van der Waals surface area contributed by atoms with Crippen LogP contribution >= 0.6 is 0 Å². The fourth-order valence-electron chi connectivity index (χ4n) is 9.49. The highest BCUT2D eigenvalue weighted by molar-refractivity contribution is 7.81. The minimum Gasteiger partial charge on any atom is -0.390 e. The van der Waals surface area contributed by atoms with Gasteiger partial charge in [-0.05, 0) is 124 Å². The lowest BCUT2D eigenvalue weighted by Gasteiger charge is -2.62. The van der Waals surface area contributed by atoms with Crippen LogP contribution < -0.4 is 0 Å². The summed E-state index contributed by atoms with van der Waals surface area (Å²) < 4.78 is 73.7. The summed E-state index contributed by atoms with van der Waals surface area (Å²) in [6, 6.07) is 0. The quantitative estimate of drug-likeness (QED) is 0.254. The SMILES string of the molecule is CC(C)=CCC[C@@H](COS(=O)(=O)O)C1CCC2C3CC[C@H]4C[C@H](OS(=O)(=O)O)[C@@H](O)CC4(C)C3CCC21C. The molecule has 0 aromatic heterocycles. The van der Waals surface area contributed by atoms with Crippen LogP contribution in [-0.4, -0.2) is 49.9 Å². The molecule has 4 rings (SSSR count). The van der Waals surface area contributed by atoms with Gasteiger partial charge in [-0.2, -0.15) is 16.8 Å². The van der Waals surface area contributed by atoms with E-state index in [2.05, 4.69) is 19.9 Å². The molecule has 4 saturated carbocycles. The first-order valence-electron chi connectivity index (χ1n) is 14.1. The second kappa shape index (κ2) is 11.0. The maximum absolute atomic E-state index is 11.4.